The van der Waals surface area contributed by atoms with Crippen molar-refractivity contribution < 1.29 is 0 Å². The maximum atomic E-state index is 6.18. The summed E-state index contributed by atoms with van der Waals surface area (Å²) in [6.07, 6.45) is 2.24. The molecule has 0 amide bonds. The van der Waals surface area contributed by atoms with E-state index in [4.69, 9.17) is 11.8 Å². The zero-order chi connectivity index (χ0) is 14.4. The molecule has 2 aromatic carbocycles. The molecule has 2 aromatic rings. The van der Waals surface area contributed by atoms with Crippen molar-refractivity contribution in [2.24, 2.45) is 0 Å². The molecule has 0 saturated carbocycles. The second kappa shape index (κ2) is 7.17. The third-order valence-corrected chi connectivity index (χ3v) is 8.45. The van der Waals surface area contributed by atoms with Gasteiger partial charge in [-0.3, -0.25) is 0 Å². The molecule has 2 rings (SSSR count). The Morgan fingerprint density at radius 2 is 1.30 bits per heavy atom. The van der Waals surface area contributed by atoms with Gasteiger partial charge >= 0.3 is 0 Å². The van der Waals surface area contributed by atoms with Gasteiger partial charge in [0, 0.05) is 6.04 Å². The monoisotopic (exact) mass is 303 g/mol. The minimum absolute atomic E-state index is 1.09. The minimum Gasteiger partial charge on any atom is -0.309 e. The van der Waals surface area contributed by atoms with Gasteiger partial charge in [-0.2, -0.15) is 0 Å². The van der Waals surface area contributed by atoms with E-state index in [-0.39, 0.29) is 0 Å². The van der Waals surface area contributed by atoms with Crippen LogP contribution < -0.4 is 10.6 Å². The van der Waals surface area contributed by atoms with Crippen LogP contribution in [0, 0.1) is 0 Å². The Hall–Kier alpha value is -0.950. The molecule has 0 aliphatic rings. The van der Waals surface area contributed by atoms with Crippen molar-refractivity contribution in [2.75, 3.05) is 26.8 Å². The van der Waals surface area contributed by atoms with E-state index >= 15 is 0 Å². The molecular formula is C17H22NPS. The van der Waals surface area contributed by atoms with E-state index in [1.54, 1.807) is 0 Å². The van der Waals surface area contributed by atoms with Crippen molar-refractivity contribution in [3.8, 4) is 0 Å². The average molecular weight is 303 g/mol. The lowest BCUT2D eigenvalue weighted by atomic mass is 10.4. The number of hydrogen-bond donors (Lipinski definition) is 0. The number of rotatable bonds is 6. The van der Waals surface area contributed by atoms with Crippen molar-refractivity contribution in [1.82, 2.24) is 4.90 Å². The van der Waals surface area contributed by atoms with Gasteiger partial charge < -0.3 is 4.90 Å². The molecule has 0 spiro atoms. The van der Waals surface area contributed by atoms with Crippen LogP contribution in [-0.2, 0) is 11.8 Å². The minimum atomic E-state index is -1.67. The molecule has 0 bridgehead atoms. The van der Waals surface area contributed by atoms with Crippen LogP contribution in [0.3, 0.4) is 0 Å². The van der Waals surface area contributed by atoms with E-state index in [2.05, 4.69) is 79.7 Å². The van der Waals surface area contributed by atoms with Crippen molar-refractivity contribution in [2.45, 2.75) is 6.42 Å². The van der Waals surface area contributed by atoms with Crippen LogP contribution in [-0.4, -0.2) is 31.7 Å². The highest BCUT2D eigenvalue weighted by Crippen LogP contribution is 2.44. The van der Waals surface area contributed by atoms with E-state index in [0.29, 0.717) is 0 Å². The van der Waals surface area contributed by atoms with Gasteiger partial charge in [-0.05, 0) is 43.8 Å². The highest BCUT2D eigenvalue weighted by Gasteiger charge is 2.21. The molecule has 0 radical (unpaired) electrons. The van der Waals surface area contributed by atoms with Gasteiger partial charge in [0.2, 0.25) is 0 Å². The van der Waals surface area contributed by atoms with Crippen LogP contribution in [0.25, 0.3) is 0 Å². The zero-order valence-electron chi connectivity index (χ0n) is 12.2. The van der Waals surface area contributed by atoms with Gasteiger partial charge in [-0.15, -0.1) is 0 Å². The second-order valence-electron chi connectivity index (χ2n) is 5.29. The molecule has 106 valence electrons. The van der Waals surface area contributed by atoms with Gasteiger partial charge in [0.05, 0.1) is 0 Å². The molecule has 1 nitrogen and oxygen atoms in total. The molecule has 0 N–H and O–H groups in total. The zero-order valence-corrected chi connectivity index (χ0v) is 13.9. The fourth-order valence-electron chi connectivity index (χ4n) is 2.35. The van der Waals surface area contributed by atoms with Crippen LogP contribution in [0.1, 0.15) is 6.42 Å². The summed E-state index contributed by atoms with van der Waals surface area (Å²) in [7, 11) is 4.24. The van der Waals surface area contributed by atoms with Crippen molar-refractivity contribution >= 4 is 28.5 Å². The normalized spacial score (nSPS) is 11.8. The number of nitrogens with zero attached hydrogens (tertiary/aromatic N) is 1. The summed E-state index contributed by atoms with van der Waals surface area (Å²) >= 11 is 6.18. The van der Waals surface area contributed by atoms with E-state index in [0.717, 1.165) is 19.1 Å². The first-order chi connectivity index (χ1) is 9.63. The van der Waals surface area contributed by atoms with E-state index < -0.39 is 6.04 Å². The van der Waals surface area contributed by atoms with Crippen LogP contribution in [0.4, 0.5) is 0 Å². The smallest absolute Gasteiger partial charge is 0.0106 e. The predicted octanol–water partition coefficient (Wildman–Crippen LogP) is 3.07. The van der Waals surface area contributed by atoms with Gasteiger partial charge in [0.1, 0.15) is 0 Å². The largest absolute Gasteiger partial charge is 0.309 e. The lowest BCUT2D eigenvalue weighted by molar-refractivity contribution is 0.410. The van der Waals surface area contributed by atoms with Gasteiger partial charge in [-0.1, -0.05) is 72.5 Å². The van der Waals surface area contributed by atoms with Gasteiger partial charge in [0.15, 0.2) is 0 Å². The topological polar surface area (TPSA) is 3.24 Å². The molecular weight excluding hydrogens is 281 g/mol. The van der Waals surface area contributed by atoms with Gasteiger partial charge in [0.25, 0.3) is 0 Å². The number of hydrogen-bond acceptors (Lipinski definition) is 2. The molecule has 0 unspecified atom stereocenters. The lowest BCUT2D eigenvalue weighted by Gasteiger charge is -2.24. The van der Waals surface area contributed by atoms with Crippen molar-refractivity contribution in [3.05, 3.63) is 60.7 Å². The third-order valence-electron chi connectivity index (χ3n) is 3.42. The Kier molecular flexibility index (Phi) is 5.54. The maximum Gasteiger partial charge on any atom is 0.0106 e. The Morgan fingerprint density at radius 3 is 1.70 bits per heavy atom. The van der Waals surface area contributed by atoms with Crippen LogP contribution in [0.5, 0.6) is 0 Å². The molecule has 0 aliphatic carbocycles. The Morgan fingerprint density at radius 1 is 0.850 bits per heavy atom. The Balaban J connectivity index is 2.32. The van der Waals surface area contributed by atoms with E-state index in [9.17, 15) is 0 Å². The SMILES string of the molecule is CN(C)CCCP(=S)(c1ccccc1)c1ccccc1. The summed E-state index contributed by atoms with van der Waals surface area (Å²) in [4.78, 5) is 2.23. The molecule has 0 fully saturated rings. The highest BCUT2D eigenvalue weighted by atomic mass is 32.4. The summed E-state index contributed by atoms with van der Waals surface area (Å²) < 4.78 is 0. The second-order valence-corrected chi connectivity index (χ2v) is 10.1. The van der Waals surface area contributed by atoms with Crippen molar-refractivity contribution in [3.63, 3.8) is 0 Å². The van der Waals surface area contributed by atoms with E-state index in [1.807, 2.05) is 0 Å². The Bertz CT molecular complexity index is 523. The summed E-state index contributed by atoms with van der Waals surface area (Å²) in [5, 5.41) is 2.67. The summed E-state index contributed by atoms with van der Waals surface area (Å²) in [6, 6.07) is 19.7. The summed E-state index contributed by atoms with van der Waals surface area (Å²) in [5.74, 6) is 0. The maximum absolute atomic E-state index is 6.18. The van der Waals surface area contributed by atoms with E-state index in [1.165, 1.54) is 10.6 Å². The molecule has 0 saturated heterocycles. The molecule has 0 aromatic heterocycles. The summed E-state index contributed by atoms with van der Waals surface area (Å²) in [5.41, 5.74) is 0. The lowest BCUT2D eigenvalue weighted by Crippen LogP contribution is -2.21. The fourth-order valence-corrected chi connectivity index (χ4v) is 6.18. The molecule has 3 heteroatoms. The Labute approximate surface area is 127 Å². The third kappa shape index (κ3) is 3.79. The van der Waals surface area contributed by atoms with Crippen LogP contribution >= 0.6 is 6.04 Å². The van der Waals surface area contributed by atoms with Gasteiger partial charge in [-0.25, -0.2) is 0 Å². The average Bonchev–Trinajstić information content (AvgIpc) is 2.48. The first kappa shape index (κ1) is 15.4. The highest BCUT2D eigenvalue weighted by molar-refractivity contribution is 8.21. The van der Waals surface area contributed by atoms with Crippen molar-refractivity contribution in [1.29, 1.82) is 0 Å². The molecule has 0 atom stereocenters. The molecule has 0 aliphatic heterocycles. The predicted molar refractivity (Wildman–Crippen MR) is 94.5 cm³/mol. The standard InChI is InChI=1S/C17H22NPS/c1-18(2)14-9-15-19(20,16-10-5-3-6-11-16)17-12-7-4-8-13-17/h3-8,10-13H,9,14-15H2,1-2H3. The molecule has 20 heavy (non-hydrogen) atoms. The molecule has 0 heterocycles. The van der Waals surface area contributed by atoms with Crippen LogP contribution in [0.2, 0.25) is 0 Å². The first-order valence-electron chi connectivity index (χ1n) is 6.98. The van der Waals surface area contributed by atoms with Crippen LogP contribution in [0.15, 0.2) is 60.7 Å². The fraction of sp³-hybridized carbons (Fsp3) is 0.294. The quantitative estimate of drug-likeness (QED) is 0.755. The number of benzene rings is 2. The summed E-state index contributed by atoms with van der Waals surface area (Å²) in [6.45, 7) is 1.10. The first-order valence-corrected chi connectivity index (χ1v) is 9.97.